The highest BCUT2D eigenvalue weighted by atomic mass is 127. The highest BCUT2D eigenvalue weighted by molar-refractivity contribution is 14.0. The predicted octanol–water partition coefficient (Wildman–Crippen LogP) is 3.14. The lowest BCUT2D eigenvalue weighted by atomic mass is 10.1. The summed E-state index contributed by atoms with van der Waals surface area (Å²) in [5.74, 6) is 0.540. The second-order valence-electron chi connectivity index (χ2n) is 4.82. The van der Waals surface area contributed by atoms with Crippen LogP contribution in [0.25, 0.3) is 0 Å². The largest absolute Gasteiger partial charge is 0.357 e. The SMILES string of the molecule is CCNC(=NCc1ccccn1)NCCc1cccc(F)c1.I. The Bertz CT molecular complexity index is 605. The Hall–Kier alpha value is -1.70. The summed E-state index contributed by atoms with van der Waals surface area (Å²) in [5, 5.41) is 6.44. The van der Waals surface area contributed by atoms with Gasteiger partial charge in [-0.1, -0.05) is 18.2 Å². The smallest absolute Gasteiger partial charge is 0.191 e. The Balaban J connectivity index is 0.00000264. The van der Waals surface area contributed by atoms with E-state index in [9.17, 15) is 4.39 Å². The second kappa shape index (κ2) is 10.9. The Morgan fingerprint density at radius 2 is 2.04 bits per heavy atom. The van der Waals surface area contributed by atoms with E-state index in [0.29, 0.717) is 13.1 Å². The molecule has 1 aromatic carbocycles. The standard InChI is InChI=1S/C17H21FN4.HI/c1-2-19-17(22-13-16-8-3-4-10-20-16)21-11-9-14-6-5-7-15(18)12-14;/h3-8,10,12H,2,9,11,13H2,1H3,(H2,19,21,22);1H. The molecule has 0 radical (unpaired) electrons. The topological polar surface area (TPSA) is 49.3 Å². The van der Waals surface area contributed by atoms with E-state index < -0.39 is 0 Å². The van der Waals surface area contributed by atoms with Crippen LogP contribution in [0.2, 0.25) is 0 Å². The van der Waals surface area contributed by atoms with Gasteiger partial charge in [-0.05, 0) is 43.2 Å². The van der Waals surface area contributed by atoms with E-state index in [1.165, 1.54) is 6.07 Å². The molecule has 4 nitrogen and oxygen atoms in total. The van der Waals surface area contributed by atoms with Crippen molar-refractivity contribution in [1.82, 2.24) is 15.6 Å². The lowest BCUT2D eigenvalue weighted by molar-refractivity contribution is 0.625. The molecule has 0 saturated carbocycles. The number of guanidine groups is 1. The minimum absolute atomic E-state index is 0. The number of rotatable bonds is 6. The van der Waals surface area contributed by atoms with E-state index in [0.717, 1.165) is 30.2 Å². The van der Waals surface area contributed by atoms with Crippen LogP contribution in [0.4, 0.5) is 4.39 Å². The maximum absolute atomic E-state index is 13.1. The summed E-state index contributed by atoms with van der Waals surface area (Å²) in [6, 6.07) is 12.4. The molecule has 2 rings (SSSR count). The quantitative estimate of drug-likeness (QED) is 0.423. The van der Waals surface area contributed by atoms with E-state index in [1.54, 1.807) is 18.3 Å². The number of hydrogen-bond donors (Lipinski definition) is 2. The summed E-state index contributed by atoms with van der Waals surface area (Å²) in [5.41, 5.74) is 1.89. The van der Waals surface area contributed by atoms with Crippen molar-refractivity contribution in [2.45, 2.75) is 19.9 Å². The van der Waals surface area contributed by atoms with Crippen LogP contribution in [0.1, 0.15) is 18.2 Å². The molecule has 124 valence electrons. The van der Waals surface area contributed by atoms with Crippen LogP contribution in [-0.4, -0.2) is 24.0 Å². The highest BCUT2D eigenvalue weighted by Crippen LogP contribution is 2.03. The van der Waals surface area contributed by atoms with E-state index in [4.69, 9.17) is 0 Å². The van der Waals surface area contributed by atoms with Crippen molar-refractivity contribution in [3.05, 3.63) is 65.7 Å². The van der Waals surface area contributed by atoms with Crippen LogP contribution >= 0.6 is 24.0 Å². The van der Waals surface area contributed by atoms with Crippen molar-refractivity contribution in [3.63, 3.8) is 0 Å². The van der Waals surface area contributed by atoms with Gasteiger partial charge in [-0.15, -0.1) is 24.0 Å². The van der Waals surface area contributed by atoms with Crippen LogP contribution < -0.4 is 10.6 Å². The number of nitrogens with one attached hydrogen (secondary N) is 2. The van der Waals surface area contributed by atoms with Crippen molar-refractivity contribution in [1.29, 1.82) is 0 Å². The zero-order chi connectivity index (χ0) is 15.6. The van der Waals surface area contributed by atoms with Gasteiger partial charge in [0.05, 0.1) is 12.2 Å². The van der Waals surface area contributed by atoms with Crippen molar-refractivity contribution < 1.29 is 4.39 Å². The summed E-state index contributed by atoms with van der Waals surface area (Å²) in [4.78, 5) is 8.73. The van der Waals surface area contributed by atoms with Gasteiger partial charge >= 0.3 is 0 Å². The maximum Gasteiger partial charge on any atom is 0.191 e. The molecule has 0 amide bonds. The Morgan fingerprint density at radius 1 is 1.17 bits per heavy atom. The van der Waals surface area contributed by atoms with Crippen LogP contribution in [0, 0.1) is 5.82 Å². The summed E-state index contributed by atoms with van der Waals surface area (Å²) in [6.07, 6.45) is 2.50. The van der Waals surface area contributed by atoms with Gasteiger partial charge in [0.1, 0.15) is 5.82 Å². The second-order valence-corrected chi connectivity index (χ2v) is 4.82. The van der Waals surface area contributed by atoms with E-state index in [2.05, 4.69) is 20.6 Å². The summed E-state index contributed by atoms with van der Waals surface area (Å²) < 4.78 is 13.1. The third-order valence-electron chi connectivity index (χ3n) is 3.06. The normalized spacial score (nSPS) is 10.8. The molecular formula is C17H22FIN4. The Kier molecular flexibility index (Phi) is 9.20. The molecule has 0 unspecified atom stereocenters. The Morgan fingerprint density at radius 3 is 2.74 bits per heavy atom. The fraction of sp³-hybridized carbons (Fsp3) is 0.294. The molecule has 0 aliphatic carbocycles. The van der Waals surface area contributed by atoms with Gasteiger partial charge in [-0.25, -0.2) is 9.38 Å². The first-order valence-electron chi connectivity index (χ1n) is 7.44. The number of aliphatic imine (C=N–C) groups is 1. The van der Waals surface area contributed by atoms with Crippen molar-refractivity contribution >= 4 is 29.9 Å². The molecule has 0 aliphatic rings. The van der Waals surface area contributed by atoms with Gasteiger partial charge in [-0.2, -0.15) is 0 Å². The van der Waals surface area contributed by atoms with Crippen LogP contribution in [0.3, 0.4) is 0 Å². The summed E-state index contributed by atoms with van der Waals surface area (Å²) >= 11 is 0. The molecule has 0 fully saturated rings. The number of hydrogen-bond acceptors (Lipinski definition) is 2. The average molecular weight is 428 g/mol. The molecule has 0 aliphatic heterocycles. The summed E-state index contributed by atoms with van der Waals surface area (Å²) in [7, 11) is 0. The Labute approximate surface area is 153 Å². The molecule has 2 N–H and O–H groups in total. The van der Waals surface area contributed by atoms with E-state index in [1.807, 2.05) is 31.2 Å². The zero-order valence-corrected chi connectivity index (χ0v) is 15.5. The third kappa shape index (κ3) is 7.40. The predicted molar refractivity (Wildman–Crippen MR) is 103 cm³/mol. The number of pyridine rings is 1. The molecule has 0 atom stereocenters. The number of aromatic nitrogens is 1. The van der Waals surface area contributed by atoms with Crippen molar-refractivity contribution in [2.75, 3.05) is 13.1 Å². The molecule has 23 heavy (non-hydrogen) atoms. The van der Waals surface area contributed by atoms with Crippen molar-refractivity contribution in [2.24, 2.45) is 4.99 Å². The van der Waals surface area contributed by atoms with Gasteiger partial charge in [0.2, 0.25) is 0 Å². The van der Waals surface area contributed by atoms with E-state index in [-0.39, 0.29) is 29.8 Å². The minimum atomic E-state index is -0.201. The van der Waals surface area contributed by atoms with Gasteiger partial charge in [0.25, 0.3) is 0 Å². The van der Waals surface area contributed by atoms with E-state index >= 15 is 0 Å². The number of nitrogens with zero attached hydrogens (tertiary/aromatic N) is 2. The molecule has 0 spiro atoms. The molecule has 2 aromatic rings. The fourth-order valence-corrected chi connectivity index (χ4v) is 2.01. The van der Waals surface area contributed by atoms with Gasteiger partial charge < -0.3 is 10.6 Å². The molecular weight excluding hydrogens is 406 g/mol. The molecule has 6 heteroatoms. The van der Waals surface area contributed by atoms with Gasteiger partial charge in [0, 0.05) is 19.3 Å². The average Bonchev–Trinajstić information content (AvgIpc) is 2.54. The molecule has 1 heterocycles. The first-order valence-corrected chi connectivity index (χ1v) is 7.44. The third-order valence-corrected chi connectivity index (χ3v) is 3.06. The number of halogens is 2. The molecule has 0 saturated heterocycles. The first kappa shape index (κ1) is 19.3. The van der Waals surface area contributed by atoms with Gasteiger partial charge in [-0.3, -0.25) is 4.98 Å². The monoisotopic (exact) mass is 428 g/mol. The lowest BCUT2D eigenvalue weighted by Crippen LogP contribution is -2.38. The fourth-order valence-electron chi connectivity index (χ4n) is 2.01. The highest BCUT2D eigenvalue weighted by Gasteiger charge is 1.99. The van der Waals surface area contributed by atoms with Crippen LogP contribution in [-0.2, 0) is 13.0 Å². The maximum atomic E-state index is 13.1. The minimum Gasteiger partial charge on any atom is -0.357 e. The van der Waals surface area contributed by atoms with Gasteiger partial charge in [0.15, 0.2) is 5.96 Å². The number of benzene rings is 1. The van der Waals surface area contributed by atoms with Crippen LogP contribution in [0.15, 0.2) is 53.7 Å². The molecule has 0 bridgehead atoms. The first-order chi connectivity index (χ1) is 10.8. The van der Waals surface area contributed by atoms with Crippen molar-refractivity contribution in [3.8, 4) is 0 Å². The van der Waals surface area contributed by atoms with Crippen LogP contribution in [0.5, 0.6) is 0 Å². The lowest BCUT2D eigenvalue weighted by Gasteiger charge is -2.11. The summed E-state index contributed by atoms with van der Waals surface area (Å²) in [6.45, 7) is 4.02. The zero-order valence-electron chi connectivity index (χ0n) is 13.1. The molecule has 1 aromatic heterocycles.